The number of nitrogens with zero attached hydrogens (tertiary/aromatic N) is 2. The molecule has 7 heteroatoms. The van der Waals surface area contributed by atoms with E-state index in [1.54, 1.807) is 24.9 Å². The summed E-state index contributed by atoms with van der Waals surface area (Å²) in [6.45, 7) is 0.971. The molecule has 2 amide bonds. The largest absolute Gasteiger partial charge is 0.497 e. The molecule has 1 aliphatic rings. The average Bonchev–Trinajstić information content (AvgIpc) is 3.24. The minimum absolute atomic E-state index is 0.313. The number of carbonyl (C=O) groups excluding carboxylic acids is 1. The van der Waals surface area contributed by atoms with Crippen LogP contribution in [0.15, 0.2) is 59.9 Å². The number of hydrogen-bond donors (Lipinski definition) is 2. The first kappa shape index (κ1) is 16.5. The van der Waals surface area contributed by atoms with Gasteiger partial charge in [0, 0.05) is 35.8 Å². The summed E-state index contributed by atoms with van der Waals surface area (Å²) in [6.07, 6.45) is 2.04. The maximum atomic E-state index is 12.4. The number of urea groups is 1. The van der Waals surface area contributed by atoms with Gasteiger partial charge in [0.2, 0.25) is 0 Å². The number of benzene rings is 2. The first-order chi connectivity index (χ1) is 12.7. The number of carbonyl (C=O) groups is 1. The minimum Gasteiger partial charge on any atom is -0.497 e. The zero-order chi connectivity index (χ0) is 17.9. The molecule has 2 heterocycles. The van der Waals surface area contributed by atoms with Crippen LogP contribution in [-0.2, 0) is 6.54 Å². The third-order valence-corrected chi connectivity index (χ3v) is 5.05. The highest BCUT2D eigenvalue weighted by Gasteiger charge is 2.17. The molecule has 1 aromatic heterocycles. The quantitative estimate of drug-likeness (QED) is 0.722. The summed E-state index contributed by atoms with van der Waals surface area (Å²) < 4.78 is 7.32. The molecule has 0 saturated heterocycles. The van der Waals surface area contributed by atoms with Crippen LogP contribution in [0.25, 0.3) is 11.3 Å². The highest BCUT2D eigenvalue weighted by atomic mass is 32.2. The highest BCUT2D eigenvalue weighted by molar-refractivity contribution is 7.99. The van der Waals surface area contributed by atoms with Crippen LogP contribution >= 0.6 is 11.8 Å². The number of imidazole rings is 1. The van der Waals surface area contributed by atoms with Crippen molar-refractivity contribution in [3.05, 3.63) is 54.7 Å². The van der Waals surface area contributed by atoms with Crippen LogP contribution in [0, 0.1) is 0 Å². The van der Waals surface area contributed by atoms with Gasteiger partial charge in [0.25, 0.3) is 0 Å². The van der Waals surface area contributed by atoms with Crippen molar-refractivity contribution in [3.63, 3.8) is 0 Å². The zero-order valence-electron chi connectivity index (χ0n) is 14.2. The number of ether oxygens (including phenoxy) is 1. The van der Waals surface area contributed by atoms with Gasteiger partial charge in [-0.15, -0.1) is 0 Å². The second-order valence-electron chi connectivity index (χ2n) is 5.81. The summed E-state index contributed by atoms with van der Waals surface area (Å²) in [5.41, 5.74) is 3.15. The van der Waals surface area contributed by atoms with Crippen molar-refractivity contribution in [2.45, 2.75) is 11.7 Å². The number of rotatable bonds is 4. The molecule has 2 aromatic carbocycles. The fourth-order valence-corrected chi connectivity index (χ4v) is 3.78. The molecule has 6 nitrogen and oxygen atoms in total. The molecule has 0 saturated carbocycles. The molecule has 1 aliphatic heterocycles. The Bertz CT molecular complexity index is 933. The molecule has 0 radical (unpaired) electrons. The molecule has 132 valence electrons. The standard InChI is InChI=1S/C19H18N4O2S/c1-25-14-6-4-5-13(11-14)20-18(24)21-16-8-3-2-7-15(16)17-12-23-9-10-26-19(23)22-17/h2-8,11-12H,9-10H2,1H3,(H2,20,21,24). The first-order valence-electron chi connectivity index (χ1n) is 8.24. The SMILES string of the molecule is COc1cccc(NC(=O)Nc2ccccc2-c2cn3c(n2)SCC3)c1. The van der Waals surface area contributed by atoms with E-state index < -0.39 is 0 Å². The summed E-state index contributed by atoms with van der Waals surface area (Å²) >= 11 is 1.75. The predicted octanol–water partition coefficient (Wildman–Crippen LogP) is 4.31. The van der Waals surface area contributed by atoms with Gasteiger partial charge in [0.05, 0.1) is 18.5 Å². The van der Waals surface area contributed by atoms with Gasteiger partial charge in [-0.25, -0.2) is 9.78 Å². The van der Waals surface area contributed by atoms with Crippen LogP contribution in [0.1, 0.15) is 0 Å². The third kappa shape index (κ3) is 3.39. The summed E-state index contributed by atoms with van der Waals surface area (Å²) in [6, 6.07) is 14.6. The van der Waals surface area contributed by atoms with Gasteiger partial charge in [-0.3, -0.25) is 0 Å². The Hall–Kier alpha value is -2.93. The number of para-hydroxylation sites is 1. The maximum absolute atomic E-state index is 12.4. The molecule has 0 aliphatic carbocycles. The summed E-state index contributed by atoms with van der Waals surface area (Å²) in [5.74, 6) is 1.75. The van der Waals surface area contributed by atoms with Gasteiger partial charge in [-0.05, 0) is 18.2 Å². The molecule has 2 N–H and O–H groups in total. The lowest BCUT2D eigenvalue weighted by atomic mass is 10.1. The molecule has 0 spiro atoms. The fourth-order valence-electron chi connectivity index (χ4n) is 2.84. The van der Waals surface area contributed by atoms with Gasteiger partial charge in [-0.1, -0.05) is 36.0 Å². The molecule has 4 rings (SSSR count). The van der Waals surface area contributed by atoms with E-state index in [0.717, 1.165) is 34.4 Å². The number of nitrogens with one attached hydrogen (secondary N) is 2. The number of anilines is 2. The van der Waals surface area contributed by atoms with Crippen LogP contribution in [0.2, 0.25) is 0 Å². The van der Waals surface area contributed by atoms with Gasteiger partial charge >= 0.3 is 6.03 Å². The van der Waals surface area contributed by atoms with E-state index in [-0.39, 0.29) is 6.03 Å². The van der Waals surface area contributed by atoms with E-state index in [2.05, 4.69) is 20.2 Å². The Morgan fingerprint density at radius 2 is 2.08 bits per heavy atom. The van der Waals surface area contributed by atoms with E-state index in [9.17, 15) is 4.79 Å². The second kappa shape index (κ2) is 7.13. The monoisotopic (exact) mass is 366 g/mol. The van der Waals surface area contributed by atoms with Crippen molar-refractivity contribution >= 4 is 29.2 Å². The maximum Gasteiger partial charge on any atom is 0.323 e. The number of thioether (sulfide) groups is 1. The smallest absolute Gasteiger partial charge is 0.323 e. The van der Waals surface area contributed by atoms with Gasteiger partial charge < -0.3 is 19.9 Å². The molecular formula is C19H18N4O2S. The van der Waals surface area contributed by atoms with E-state index in [1.807, 2.05) is 48.7 Å². The van der Waals surface area contributed by atoms with Crippen LogP contribution in [0.3, 0.4) is 0 Å². The van der Waals surface area contributed by atoms with Crippen LogP contribution in [0.4, 0.5) is 16.2 Å². The number of aryl methyl sites for hydroxylation is 1. The van der Waals surface area contributed by atoms with Gasteiger partial charge in [0.15, 0.2) is 5.16 Å². The lowest BCUT2D eigenvalue weighted by Crippen LogP contribution is -2.19. The lowest BCUT2D eigenvalue weighted by molar-refractivity contribution is 0.262. The summed E-state index contributed by atoms with van der Waals surface area (Å²) in [5, 5.41) is 6.76. The van der Waals surface area contributed by atoms with Gasteiger partial charge in [-0.2, -0.15) is 0 Å². The second-order valence-corrected chi connectivity index (χ2v) is 6.87. The molecular weight excluding hydrogens is 348 g/mol. The number of hydrogen-bond acceptors (Lipinski definition) is 4. The fraction of sp³-hybridized carbons (Fsp3) is 0.158. The molecule has 3 aromatic rings. The van der Waals surface area contributed by atoms with E-state index >= 15 is 0 Å². The Kier molecular flexibility index (Phi) is 4.53. The highest BCUT2D eigenvalue weighted by Crippen LogP contribution is 2.32. The van der Waals surface area contributed by atoms with Crippen LogP contribution in [0.5, 0.6) is 5.75 Å². The molecule has 0 fully saturated rings. The predicted molar refractivity (Wildman–Crippen MR) is 104 cm³/mol. The van der Waals surface area contributed by atoms with Crippen LogP contribution < -0.4 is 15.4 Å². The molecule has 0 bridgehead atoms. The van der Waals surface area contributed by atoms with Crippen molar-refractivity contribution < 1.29 is 9.53 Å². The normalized spacial score (nSPS) is 12.5. The van der Waals surface area contributed by atoms with Crippen molar-refractivity contribution in [2.75, 3.05) is 23.5 Å². The van der Waals surface area contributed by atoms with E-state index in [1.165, 1.54) is 0 Å². The molecule has 0 unspecified atom stereocenters. The third-order valence-electron chi connectivity index (χ3n) is 4.08. The lowest BCUT2D eigenvalue weighted by Gasteiger charge is -2.11. The first-order valence-corrected chi connectivity index (χ1v) is 9.23. The Morgan fingerprint density at radius 1 is 1.19 bits per heavy atom. The Morgan fingerprint density at radius 3 is 2.92 bits per heavy atom. The summed E-state index contributed by atoms with van der Waals surface area (Å²) in [7, 11) is 1.59. The Labute approximate surface area is 155 Å². The number of amides is 2. The molecule has 26 heavy (non-hydrogen) atoms. The number of aromatic nitrogens is 2. The molecule has 0 atom stereocenters. The van der Waals surface area contributed by atoms with Crippen molar-refractivity contribution in [2.24, 2.45) is 0 Å². The van der Waals surface area contributed by atoms with Crippen LogP contribution in [-0.4, -0.2) is 28.4 Å². The van der Waals surface area contributed by atoms with Crippen molar-refractivity contribution in [3.8, 4) is 17.0 Å². The number of fused-ring (bicyclic) bond motifs is 1. The summed E-state index contributed by atoms with van der Waals surface area (Å²) in [4.78, 5) is 17.1. The van der Waals surface area contributed by atoms with Gasteiger partial charge in [0.1, 0.15) is 5.75 Å². The van der Waals surface area contributed by atoms with Crippen molar-refractivity contribution in [1.29, 1.82) is 0 Å². The Balaban J connectivity index is 1.53. The van der Waals surface area contributed by atoms with E-state index in [4.69, 9.17) is 4.74 Å². The number of methoxy groups -OCH3 is 1. The zero-order valence-corrected chi connectivity index (χ0v) is 15.0. The topological polar surface area (TPSA) is 68.2 Å². The van der Waals surface area contributed by atoms with E-state index in [0.29, 0.717) is 11.4 Å². The van der Waals surface area contributed by atoms with Crippen molar-refractivity contribution in [1.82, 2.24) is 9.55 Å². The average molecular weight is 366 g/mol. The minimum atomic E-state index is -0.313.